The van der Waals surface area contributed by atoms with Crippen LogP contribution in [0.1, 0.15) is 47.2 Å². The number of benzene rings is 4. The molecular weight excluding hydrogens is 536 g/mol. The largest absolute Gasteiger partial charge is 0.269 e. The van der Waals surface area contributed by atoms with E-state index in [4.69, 9.17) is 0 Å². The second-order valence-corrected chi connectivity index (χ2v) is 11.4. The van der Waals surface area contributed by atoms with Gasteiger partial charge in [0, 0.05) is 29.7 Å². The van der Waals surface area contributed by atoms with E-state index in [1.807, 2.05) is 48.5 Å². The number of hydrogen-bond acceptors (Lipinski definition) is 4. The van der Waals surface area contributed by atoms with Gasteiger partial charge in [0.1, 0.15) is 0 Å². The highest BCUT2D eigenvalue weighted by Gasteiger charge is 2.26. The molecule has 0 N–H and O–H groups in total. The van der Waals surface area contributed by atoms with Gasteiger partial charge >= 0.3 is 0 Å². The number of nitrogens with zero attached hydrogens (tertiary/aromatic N) is 2. The second-order valence-electron chi connectivity index (χ2n) is 11.4. The van der Waals surface area contributed by atoms with Gasteiger partial charge in [0.25, 0.3) is 23.6 Å². The molecule has 6 nitrogen and oxygen atoms in total. The maximum atomic E-state index is 11.9. The van der Waals surface area contributed by atoms with Gasteiger partial charge in [-0.1, -0.05) is 86.6 Å². The van der Waals surface area contributed by atoms with Gasteiger partial charge in [-0.2, -0.15) is 0 Å². The van der Waals surface area contributed by atoms with Gasteiger partial charge in [-0.05, 0) is 70.5 Å². The molecule has 4 aromatic carbocycles. The third-order valence-corrected chi connectivity index (χ3v) is 8.18. The first-order chi connectivity index (χ1) is 20.7. The zero-order valence-electron chi connectivity index (χ0n) is 24.0. The minimum atomic E-state index is -0.314. The van der Waals surface area contributed by atoms with Gasteiger partial charge in [0.2, 0.25) is 0 Å². The van der Waals surface area contributed by atoms with Crippen molar-refractivity contribution in [2.75, 3.05) is 9.80 Å². The Labute approximate surface area is 250 Å². The Balaban J connectivity index is 1.08. The summed E-state index contributed by atoms with van der Waals surface area (Å²) in [5.41, 5.74) is 7.96. The lowest BCUT2D eigenvalue weighted by Crippen LogP contribution is -2.29. The summed E-state index contributed by atoms with van der Waals surface area (Å²) in [6.45, 7) is 4.44. The Hall–Kier alpha value is -5.36. The van der Waals surface area contributed by atoms with E-state index in [1.165, 1.54) is 56.4 Å². The van der Waals surface area contributed by atoms with Gasteiger partial charge in [-0.25, -0.2) is 9.80 Å². The van der Waals surface area contributed by atoms with Gasteiger partial charge in [-0.3, -0.25) is 19.2 Å². The highest BCUT2D eigenvalue weighted by molar-refractivity contribution is 6.28. The molecule has 43 heavy (non-hydrogen) atoms. The maximum absolute atomic E-state index is 11.9. The van der Waals surface area contributed by atoms with E-state index < -0.39 is 0 Å². The summed E-state index contributed by atoms with van der Waals surface area (Å²) in [4.78, 5) is 50.1. The molecule has 2 aliphatic heterocycles. The molecule has 0 saturated heterocycles. The summed E-state index contributed by atoms with van der Waals surface area (Å²) in [6.07, 6.45) is 6.66. The lowest BCUT2D eigenvalue weighted by Gasteiger charge is -2.26. The van der Waals surface area contributed by atoms with Gasteiger partial charge < -0.3 is 0 Å². The Kier molecular flexibility index (Phi) is 7.20. The first-order valence-electron chi connectivity index (χ1n) is 14.2. The molecule has 0 atom stereocenters. The number of imide groups is 2. The Morgan fingerprint density at radius 1 is 0.419 bits per heavy atom. The molecule has 212 valence electrons. The number of carbonyl (C=O) groups excluding carboxylic acids is 4. The predicted octanol–water partition coefficient (Wildman–Crippen LogP) is 6.05. The van der Waals surface area contributed by atoms with E-state index in [0.717, 1.165) is 24.0 Å². The molecule has 0 aliphatic carbocycles. The maximum Gasteiger partial charge on any atom is 0.258 e. The molecule has 6 heteroatoms. The molecule has 4 aromatic rings. The summed E-state index contributed by atoms with van der Waals surface area (Å²) in [5, 5.41) is 0. The van der Waals surface area contributed by atoms with E-state index in [0.29, 0.717) is 11.4 Å². The van der Waals surface area contributed by atoms with Gasteiger partial charge in [-0.15, -0.1) is 0 Å². The predicted molar refractivity (Wildman–Crippen MR) is 167 cm³/mol. The van der Waals surface area contributed by atoms with Crippen LogP contribution in [-0.2, 0) is 37.4 Å². The summed E-state index contributed by atoms with van der Waals surface area (Å²) < 4.78 is 0. The number of rotatable bonds is 8. The number of amides is 4. The number of hydrogen-bond donors (Lipinski definition) is 0. The fourth-order valence-corrected chi connectivity index (χ4v) is 5.55. The molecule has 0 radical (unpaired) electrons. The first-order valence-corrected chi connectivity index (χ1v) is 14.2. The van der Waals surface area contributed by atoms with Crippen LogP contribution in [-0.4, -0.2) is 23.6 Å². The van der Waals surface area contributed by atoms with Crippen LogP contribution >= 0.6 is 0 Å². The van der Waals surface area contributed by atoms with Crippen LogP contribution in [0.4, 0.5) is 11.4 Å². The zero-order chi connectivity index (χ0) is 30.1. The van der Waals surface area contributed by atoms with E-state index in [1.54, 1.807) is 0 Å². The molecule has 0 aromatic heterocycles. The van der Waals surface area contributed by atoms with E-state index in [9.17, 15) is 19.2 Å². The molecule has 4 amide bonds. The van der Waals surface area contributed by atoms with Crippen molar-refractivity contribution in [3.63, 3.8) is 0 Å². The first kappa shape index (κ1) is 27.8. The number of anilines is 2. The Morgan fingerprint density at radius 3 is 0.953 bits per heavy atom. The van der Waals surface area contributed by atoms with E-state index >= 15 is 0 Å². The molecule has 0 bridgehead atoms. The van der Waals surface area contributed by atoms with Crippen LogP contribution in [0.2, 0.25) is 0 Å². The smallest absolute Gasteiger partial charge is 0.258 e. The minimum absolute atomic E-state index is 0.188. The summed E-state index contributed by atoms with van der Waals surface area (Å²) in [7, 11) is 0. The monoisotopic (exact) mass is 566 g/mol. The zero-order valence-corrected chi connectivity index (χ0v) is 24.0. The minimum Gasteiger partial charge on any atom is -0.269 e. The average Bonchev–Trinajstić information content (AvgIpc) is 3.53. The number of carbonyl (C=O) groups is 4. The molecule has 0 saturated carbocycles. The van der Waals surface area contributed by atoms with Crippen molar-refractivity contribution in [3.8, 4) is 0 Å². The van der Waals surface area contributed by atoms with Crippen LogP contribution < -0.4 is 9.80 Å². The normalized spacial score (nSPS) is 14.8. The van der Waals surface area contributed by atoms with Crippen LogP contribution in [0.5, 0.6) is 0 Å². The van der Waals surface area contributed by atoms with Gasteiger partial charge in [0.15, 0.2) is 0 Å². The van der Waals surface area contributed by atoms with Crippen molar-refractivity contribution >= 4 is 35.0 Å². The van der Waals surface area contributed by atoms with Gasteiger partial charge in [0.05, 0.1) is 11.4 Å². The third kappa shape index (κ3) is 5.60. The van der Waals surface area contributed by atoms with E-state index in [2.05, 4.69) is 62.4 Å². The Morgan fingerprint density at radius 2 is 0.674 bits per heavy atom. The van der Waals surface area contributed by atoms with Crippen LogP contribution in [0.15, 0.2) is 121 Å². The quantitative estimate of drug-likeness (QED) is 0.243. The Bertz CT molecular complexity index is 1610. The van der Waals surface area contributed by atoms with Crippen molar-refractivity contribution in [1.82, 2.24) is 0 Å². The standard InChI is InChI=1S/C37H30N2O4/c1-37(2,29-11-3-25(4-12-29)23-27-7-15-31(16-8-27)38-33(40)19-20-34(38)41)30-13-5-26(6-14-30)24-28-9-17-32(18-10-28)39-35(42)21-22-36(39)43/h3-22H,23-24H2,1-2H3. The van der Waals surface area contributed by atoms with Crippen LogP contribution in [0.25, 0.3) is 0 Å². The lowest BCUT2D eigenvalue weighted by atomic mass is 9.77. The summed E-state index contributed by atoms with van der Waals surface area (Å²) >= 11 is 0. The van der Waals surface area contributed by atoms with Crippen molar-refractivity contribution in [2.24, 2.45) is 0 Å². The van der Waals surface area contributed by atoms with Crippen LogP contribution in [0.3, 0.4) is 0 Å². The van der Waals surface area contributed by atoms with Crippen molar-refractivity contribution in [2.45, 2.75) is 32.1 Å². The average molecular weight is 567 g/mol. The molecule has 0 unspecified atom stereocenters. The molecule has 2 heterocycles. The second kappa shape index (κ2) is 11.1. The fourth-order valence-electron chi connectivity index (χ4n) is 5.55. The third-order valence-electron chi connectivity index (χ3n) is 8.18. The molecule has 0 fully saturated rings. The fraction of sp³-hybridized carbons (Fsp3) is 0.135. The van der Waals surface area contributed by atoms with Crippen molar-refractivity contribution in [1.29, 1.82) is 0 Å². The van der Waals surface area contributed by atoms with E-state index in [-0.39, 0.29) is 29.0 Å². The molecule has 0 spiro atoms. The van der Waals surface area contributed by atoms with Crippen molar-refractivity contribution in [3.05, 3.63) is 155 Å². The SMILES string of the molecule is CC(C)(c1ccc(Cc2ccc(N3C(=O)C=CC3=O)cc2)cc1)c1ccc(Cc2ccc(N3C(=O)C=CC3=O)cc2)cc1. The highest BCUT2D eigenvalue weighted by atomic mass is 16.2. The lowest BCUT2D eigenvalue weighted by molar-refractivity contribution is -0.121. The molecule has 2 aliphatic rings. The van der Waals surface area contributed by atoms with Crippen molar-refractivity contribution < 1.29 is 19.2 Å². The highest BCUT2D eigenvalue weighted by Crippen LogP contribution is 2.32. The topological polar surface area (TPSA) is 74.8 Å². The molecule has 6 rings (SSSR count). The summed E-state index contributed by atoms with van der Waals surface area (Å²) in [5.74, 6) is -1.26. The van der Waals surface area contributed by atoms with Crippen LogP contribution in [0, 0.1) is 0 Å². The summed E-state index contributed by atoms with van der Waals surface area (Å²) in [6, 6.07) is 32.4. The molecular formula is C37H30N2O4.